The molecule has 0 bridgehead atoms. The van der Waals surface area contributed by atoms with Crippen molar-refractivity contribution in [2.75, 3.05) is 0 Å². The van der Waals surface area contributed by atoms with Crippen LogP contribution < -0.4 is 0 Å². The molecule has 0 atom stereocenters. The molecule has 6 heteroatoms. The van der Waals surface area contributed by atoms with Gasteiger partial charge in [-0.25, -0.2) is 0 Å². The van der Waals surface area contributed by atoms with Gasteiger partial charge in [-0.15, -0.1) is 0 Å². The fourth-order valence-corrected chi connectivity index (χ4v) is 1.16. The van der Waals surface area contributed by atoms with E-state index in [0.717, 1.165) is 12.1 Å². The molecule has 0 aliphatic rings. The fourth-order valence-electron chi connectivity index (χ4n) is 0.680. The van der Waals surface area contributed by atoms with E-state index in [2.05, 4.69) is 15.9 Å². The van der Waals surface area contributed by atoms with Crippen molar-refractivity contribution in [3.8, 4) is 11.5 Å². The molecule has 5 nitrogen and oxygen atoms in total. The topological polar surface area (TPSA) is 83.6 Å². The number of aromatic hydroxyl groups is 2. The molecule has 0 saturated heterocycles. The highest BCUT2D eigenvalue weighted by molar-refractivity contribution is 9.10. The summed E-state index contributed by atoms with van der Waals surface area (Å²) in [6.45, 7) is 0. The molecule has 1 rings (SSSR count). The predicted molar refractivity (Wildman–Crippen MR) is 44.1 cm³/mol. The maximum absolute atomic E-state index is 10.3. The van der Waals surface area contributed by atoms with Crippen molar-refractivity contribution in [2.45, 2.75) is 0 Å². The van der Waals surface area contributed by atoms with Crippen LogP contribution in [-0.4, -0.2) is 15.1 Å². The number of rotatable bonds is 1. The molecule has 0 aliphatic heterocycles. The van der Waals surface area contributed by atoms with E-state index in [1.807, 2.05) is 0 Å². The summed E-state index contributed by atoms with van der Waals surface area (Å²) in [6.07, 6.45) is 0. The molecule has 0 amide bonds. The van der Waals surface area contributed by atoms with E-state index < -0.39 is 16.4 Å². The van der Waals surface area contributed by atoms with Crippen LogP contribution in [0.25, 0.3) is 0 Å². The highest BCUT2D eigenvalue weighted by atomic mass is 79.9. The van der Waals surface area contributed by atoms with Gasteiger partial charge in [-0.1, -0.05) is 0 Å². The Morgan fingerprint density at radius 2 is 1.83 bits per heavy atom. The van der Waals surface area contributed by atoms with Crippen molar-refractivity contribution in [3.05, 3.63) is 26.7 Å². The van der Waals surface area contributed by atoms with Crippen LogP contribution in [0.4, 0.5) is 5.69 Å². The zero-order valence-electron chi connectivity index (χ0n) is 5.69. The highest BCUT2D eigenvalue weighted by Crippen LogP contribution is 2.35. The molecular formula is C6H4BrNO4. The Morgan fingerprint density at radius 1 is 1.33 bits per heavy atom. The summed E-state index contributed by atoms with van der Waals surface area (Å²) >= 11 is 2.87. The van der Waals surface area contributed by atoms with Gasteiger partial charge < -0.3 is 10.2 Å². The molecule has 0 spiro atoms. The number of phenols is 2. The van der Waals surface area contributed by atoms with E-state index in [9.17, 15) is 10.1 Å². The molecule has 12 heavy (non-hydrogen) atoms. The normalized spacial score (nSPS) is 9.75. The number of hydrogen-bond acceptors (Lipinski definition) is 4. The van der Waals surface area contributed by atoms with E-state index in [1.165, 1.54) is 0 Å². The van der Waals surface area contributed by atoms with Crippen LogP contribution in [0, 0.1) is 10.1 Å². The number of benzene rings is 1. The maximum atomic E-state index is 10.3. The zero-order valence-corrected chi connectivity index (χ0v) is 7.28. The number of hydrogen-bond donors (Lipinski definition) is 2. The van der Waals surface area contributed by atoms with Gasteiger partial charge >= 0.3 is 0 Å². The summed E-state index contributed by atoms with van der Waals surface area (Å²) in [6, 6.07) is 1.94. The Morgan fingerprint density at radius 3 is 2.33 bits per heavy atom. The number of nitro benzene ring substituents is 1. The number of halogens is 1. The smallest absolute Gasteiger partial charge is 0.287 e. The largest absolute Gasteiger partial charge is 0.504 e. The van der Waals surface area contributed by atoms with Crippen LogP contribution in [0.15, 0.2) is 16.6 Å². The first-order valence-corrected chi connectivity index (χ1v) is 3.67. The second kappa shape index (κ2) is 2.98. The lowest BCUT2D eigenvalue weighted by molar-refractivity contribution is -0.385. The molecule has 1 aromatic rings. The molecule has 0 unspecified atom stereocenters. The van der Waals surface area contributed by atoms with Crippen LogP contribution in [0.2, 0.25) is 0 Å². The second-order valence-corrected chi connectivity index (χ2v) is 2.90. The van der Waals surface area contributed by atoms with Gasteiger partial charge in [0.15, 0.2) is 11.5 Å². The van der Waals surface area contributed by atoms with Crippen molar-refractivity contribution < 1.29 is 15.1 Å². The van der Waals surface area contributed by atoms with Crippen molar-refractivity contribution in [1.29, 1.82) is 0 Å². The Kier molecular flexibility index (Phi) is 2.18. The molecule has 1 aromatic carbocycles. The lowest BCUT2D eigenvalue weighted by Gasteiger charge is -1.98. The van der Waals surface area contributed by atoms with Crippen LogP contribution >= 0.6 is 15.9 Å². The second-order valence-electron chi connectivity index (χ2n) is 2.05. The Labute approximate surface area is 75.5 Å². The average Bonchev–Trinajstić information content (AvgIpc) is 1.96. The molecule has 0 radical (unpaired) electrons. The van der Waals surface area contributed by atoms with Crippen molar-refractivity contribution in [3.63, 3.8) is 0 Å². The van der Waals surface area contributed by atoms with E-state index in [-0.39, 0.29) is 10.2 Å². The van der Waals surface area contributed by atoms with E-state index >= 15 is 0 Å². The standard InChI is InChI=1S/C6H4BrNO4/c7-3-1-5(9)6(10)2-4(3)8(11)12/h1-2,9-10H. The lowest BCUT2D eigenvalue weighted by Crippen LogP contribution is -1.88. The summed E-state index contributed by atoms with van der Waals surface area (Å²) in [5.41, 5.74) is -0.287. The molecule has 0 fully saturated rings. The number of phenolic OH excluding ortho intramolecular Hbond substituents is 2. The number of nitrogens with zero attached hydrogens (tertiary/aromatic N) is 1. The third-order valence-corrected chi connectivity index (χ3v) is 1.88. The molecule has 0 saturated carbocycles. The summed E-state index contributed by atoms with van der Waals surface area (Å²) in [5, 5.41) is 28.1. The van der Waals surface area contributed by atoms with E-state index in [0.29, 0.717) is 0 Å². The van der Waals surface area contributed by atoms with Gasteiger partial charge in [0.2, 0.25) is 0 Å². The van der Waals surface area contributed by atoms with E-state index in [4.69, 9.17) is 10.2 Å². The fraction of sp³-hybridized carbons (Fsp3) is 0. The highest BCUT2D eigenvalue weighted by Gasteiger charge is 2.15. The van der Waals surface area contributed by atoms with Crippen LogP contribution in [0.5, 0.6) is 11.5 Å². The summed E-state index contributed by atoms with van der Waals surface area (Å²) in [4.78, 5) is 9.60. The molecule has 0 heterocycles. The third kappa shape index (κ3) is 1.48. The molecular weight excluding hydrogens is 230 g/mol. The minimum absolute atomic E-state index is 0.128. The van der Waals surface area contributed by atoms with Gasteiger partial charge in [0.1, 0.15) is 0 Å². The molecule has 0 aromatic heterocycles. The first-order valence-electron chi connectivity index (χ1n) is 2.88. The van der Waals surface area contributed by atoms with Crippen LogP contribution in [0.1, 0.15) is 0 Å². The Bertz CT molecular complexity index is 339. The first-order chi connectivity index (χ1) is 5.52. The van der Waals surface area contributed by atoms with Gasteiger partial charge in [-0.05, 0) is 15.9 Å². The number of nitro groups is 1. The van der Waals surface area contributed by atoms with Crippen molar-refractivity contribution in [1.82, 2.24) is 0 Å². The van der Waals surface area contributed by atoms with Gasteiger partial charge in [0, 0.05) is 6.07 Å². The molecule has 0 aliphatic carbocycles. The van der Waals surface area contributed by atoms with Crippen molar-refractivity contribution in [2.24, 2.45) is 0 Å². The first kappa shape index (κ1) is 8.79. The Hall–Kier alpha value is -1.30. The van der Waals surface area contributed by atoms with E-state index in [1.54, 1.807) is 0 Å². The predicted octanol–water partition coefficient (Wildman–Crippen LogP) is 1.77. The molecule has 2 N–H and O–H groups in total. The van der Waals surface area contributed by atoms with Crippen LogP contribution in [0.3, 0.4) is 0 Å². The molecule has 64 valence electrons. The summed E-state index contributed by atoms with van der Waals surface area (Å²) in [5.74, 6) is -0.905. The van der Waals surface area contributed by atoms with Gasteiger partial charge in [-0.3, -0.25) is 10.1 Å². The van der Waals surface area contributed by atoms with Gasteiger partial charge in [0.25, 0.3) is 5.69 Å². The minimum Gasteiger partial charge on any atom is -0.504 e. The average molecular weight is 234 g/mol. The van der Waals surface area contributed by atoms with Crippen LogP contribution in [-0.2, 0) is 0 Å². The summed E-state index contributed by atoms with van der Waals surface area (Å²) in [7, 11) is 0. The third-order valence-electron chi connectivity index (χ3n) is 1.24. The maximum Gasteiger partial charge on any atom is 0.287 e. The van der Waals surface area contributed by atoms with Gasteiger partial charge in [0.05, 0.1) is 15.5 Å². The monoisotopic (exact) mass is 233 g/mol. The quantitative estimate of drug-likeness (QED) is 0.440. The van der Waals surface area contributed by atoms with Crippen molar-refractivity contribution >= 4 is 21.6 Å². The van der Waals surface area contributed by atoms with Gasteiger partial charge in [-0.2, -0.15) is 0 Å². The Balaban J connectivity index is 3.33. The zero-order chi connectivity index (χ0) is 9.30. The minimum atomic E-state index is -0.663. The summed E-state index contributed by atoms with van der Waals surface area (Å²) < 4.78 is 0.128. The lowest BCUT2D eigenvalue weighted by atomic mass is 10.3. The SMILES string of the molecule is O=[N+]([O-])c1cc(O)c(O)cc1Br.